The molecule has 2 N–H and O–H groups in total. The Kier molecular flexibility index (Phi) is 6.82. The molecule has 0 heterocycles. The fourth-order valence-electron chi connectivity index (χ4n) is 2.07. The van der Waals surface area contributed by atoms with Gasteiger partial charge in [0.05, 0.1) is 24.9 Å². The van der Waals surface area contributed by atoms with E-state index in [0.717, 1.165) is 11.3 Å². The highest BCUT2D eigenvalue weighted by Gasteiger charge is 2.10. The molecule has 0 aliphatic carbocycles. The molecule has 0 atom stereocenters. The average molecular weight is 407 g/mol. The van der Waals surface area contributed by atoms with Gasteiger partial charge in [0.15, 0.2) is 0 Å². The second-order valence-corrected chi connectivity index (χ2v) is 6.09. The summed E-state index contributed by atoms with van der Waals surface area (Å²) in [6.45, 7) is 2.71. The normalized spacial score (nSPS) is 10.0. The number of halogens is 1. The lowest BCUT2D eigenvalue weighted by Gasteiger charge is -2.11. The van der Waals surface area contributed by atoms with Gasteiger partial charge in [0.25, 0.3) is 0 Å². The number of methoxy groups -OCH3 is 1. The zero-order valence-corrected chi connectivity index (χ0v) is 15.6. The Morgan fingerprint density at radius 2 is 1.96 bits per heavy atom. The minimum atomic E-state index is -0.440. The van der Waals surface area contributed by atoms with Crippen molar-refractivity contribution in [2.45, 2.75) is 6.92 Å². The van der Waals surface area contributed by atoms with E-state index >= 15 is 0 Å². The summed E-state index contributed by atoms with van der Waals surface area (Å²) in [7, 11) is 1.31. The Bertz CT molecular complexity index is 764. The summed E-state index contributed by atoms with van der Waals surface area (Å²) in [6.07, 6.45) is 0. The van der Waals surface area contributed by atoms with Crippen LogP contribution in [-0.4, -0.2) is 32.3 Å². The van der Waals surface area contributed by atoms with Gasteiger partial charge in [0.2, 0.25) is 0 Å². The minimum Gasteiger partial charge on any atom is -0.492 e. The molecule has 0 radical (unpaired) electrons. The van der Waals surface area contributed by atoms with E-state index in [1.165, 1.54) is 7.11 Å². The Labute approximate surface area is 154 Å². The number of nitrogens with one attached hydrogen (secondary N) is 2. The molecule has 0 fully saturated rings. The second-order valence-electron chi connectivity index (χ2n) is 5.23. The molecule has 2 amide bonds. The number of hydrogen-bond acceptors (Lipinski definition) is 4. The lowest BCUT2D eigenvalue weighted by atomic mass is 10.2. The van der Waals surface area contributed by atoms with Crippen molar-refractivity contribution < 1.29 is 19.1 Å². The van der Waals surface area contributed by atoms with Gasteiger partial charge in [-0.25, -0.2) is 9.59 Å². The zero-order valence-electron chi connectivity index (χ0n) is 14.0. The van der Waals surface area contributed by atoms with Crippen LogP contribution in [0.1, 0.15) is 15.9 Å². The van der Waals surface area contributed by atoms with Gasteiger partial charge in [-0.2, -0.15) is 0 Å². The van der Waals surface area contributed by atoms with Crippen LogP contribution in [0.5, 0.6) is 5.75 Å². The molecule has 132 valence electrons. The number of ether oxygens (including phenoxy) is 2. The molecule has 0 saturated carbocycles. The van der Waals surface area contributed by atoms with Crippen molar-refractivity contribution in [3.8, 4) is 5.75 Å². The average Bonchev–Trinajstić information content (AvgIpc) is 2.60. The molecule has 0 spiro atoms. The number of aryl methyl sites for hydroxylation is 1. The van der Waals surface area contributed by atoms with Gasteiger partial charge in [-0.3, -0.25) is 0 Å². The van der Waals surface area contributed by atoms with E-state index < -0.39 is 5.97 Å². The van der Waals surface area contributed by atoms with Crippen LogP contribution < -0.4 is 15.4 Å². The van der Waals surface area contributed by atoms with Crippen molar-refractivity contribution in [1.29, 1.82) is 0 Å². The van der Waals surface area contributed by atoms with E-state index in [1.807, 2.05) is 31.2 Å². The van der Waals surface area contributed by atoms with Gasteiger partial charge < -0.3 is 20.1 Å². The van der Waals surface area contributed by atoms with Crippen LogP contribution in [0.25, 0.3) is 0 Å². The van der Waals surface area contributed by atoms with Gasteiger partial charge in [0, 0.05) is 4.47 Å². The van der Waals surface area contributed by atoms with Gasteiger partial charge in [-0.15, -0.1) is 0 Å². The van der Waals surface area contributed by atoms with Gasteiger partial charge in [-0.1, -0.05) is 12.1 Å². The Morgan fingerprint density at radius 1 is 1.16 bits per heavy atom. The number of urea groups is 1. The Hall–Kier alpha value is -2.54. The maximum atomic E-state index is 11.9. The lowest BCUT2D eigenvalue weighted by molar-refractivity contribution is 0.0600. The number of rotatable bonds is 6. The first-order valence-electron chi connectivity index (χ1n) is 7.62. The molecule has 7 heteroatoms. The molecule has 6 nitrogen and oxygen atoms in total. The van der Waals surface area contributed by atoms with E-state index in [2.05, 4.69) is 31.3 Å². The predicted octanol–water partition coefficient (Wildman–Crippen LogP) is 3.74. The van der Waals surface area contributed by atoms with Crippen LogP contribution in [-0.2, 0) is 4.74 Å². The van der Waals surface area contributed by atoms with Gasteiger partial charge >= 0.3 is 12.0 Å². The highest BCUT2D eigenvalue weighted by molar-refractivity contribution is 9.10. The second kappa shape index (κ2) is 9.08. The zero-order chi connectivity index (χ0) is 18.2. The molecule has 0 bridgehead atoms. The maximum absolute atomic E-state index is 11.9. The molecule has 25 heavy (non-hydrogen) atoms. The minimum absolute atomic E-state index is 0.359. The van der Waals surface area contributed by atoms with Crippen LogP contribution in [0.4, 0.5) is 10.5 Å². The number of anilines is 1. The summed E-state index contributed by atoms with van der Waals surface area (Å²) in [5.41, 5.74) is 2.06. The number of amides is 2. The van der Waals surface area contributed by atoms with Crippen LogP contribution in [0.2, 0.25) is 0 Å². The van der Waals surface area contributed by atoms with Crippen molar-refractivity contribution in [2.24, 2.45) is 0 Å². The molecule has 2 aromatic carbocycles. The fraction of sp³-hybridized carbons (Fsp3) is 0.222. The highest BCUT2D eigenvalue weighted by Crippen LogP contribution is 2.24. The molecule has 0 aliphatic heterocycles. The van der Waals surface area contributed by atoms with Crippen molar-refractivity contribution >= 4 is 33.6 Å². The van der Waals surface area contributed by atoms with E-state index in [0.29, 0.717) is 28.9 Å². The Balaban J connectivity index is 1.79. The molecule has 2 aromatic rings. The van der Waals surface area contributed by atoms with Gasteiger partial charge in [-0.05, 0) is 58.7 Å². The first-order chi connectivity index (χ1) is 12.0. The number of hydrogen-bond donors (Lipinski definition) is 2. The molecule has 0 saturated heterocycles. The first kappa shape index (κ1) is 18.8. The SMILES string of the molecule is COC(=O)c1ccc(NC(=O)NCCOc2cccc(C)c2)c(Br)c1. The van der Waals surface area contributed by atoms with Crippen molar-refractivity contribution in [3.63, 3.8) is 0 Å². The quantitative estimate of drug-likeness (QED) is 0.565. The number of carbonyl (C=O) groups excluding carboxylic acids is 2. The fourth-order valence-corrected chi connectivity index (χ4v) is 2.54. The third-order valence-electron chi connectivity index (χ3n) is 3.28. The highest BCUT2D eigenvalue weighted by atomic mass is 79.9. The van der Waals surface area contributed by atoms with Crippen molar-refractivity contribution in [1.82, 2.24) is 5.32 Å². The number of benzene rings is 2. The van der Waals surface area contributed by atoms with Gasteiger partial charge in [0.1, 0.15) is 12.4 Å². The third-order valence-corrected chi connectivity index (χ3v) is 3.94. The van der Waals surface area contributed by atoms with Crippen LogP contribution in [0.15, 0.2) is 46.9 Å². The summed E-state index contributed by atoms with van der Waals surface area (Å²) in [6, 6.07) is 12.1. The predicted molar refractivity (Wildman–Crippen MR) is 99.2 cm³/mol. The molecular weight excluding hydrogens is 388 g/mol. The summed E-state index contributed by atoms with van der Waals surface area (Å²) in [5, 5.41) is 5.40. The standard InChI is InChI=1S/C18H19BrN2O4/c1-12-4-3-5-14(10-12)25-9-8-20-18(23)21-16-7-6-13(11-15(16)19)17(22)24-2/h3-7,10-11H,8-9H2,1-2H3,(H2,20,21,23). The van der Waals surface area contributed by atoms with E-state index in [9.17, 15) is 9.59 Å². The monoisotopic (exact) mass is 406 g/mol. The molecule has 0 aliphatic rings. The van der Waals surface area contributed by atoms with Crippen molar-refractivity contribution in [2.75, 3.05) is 25.6 Å². The summed E-state index contributed by atoms with van der Waals surface area (Å²) in [5.74, 6) is 0.327. The lowest BCUT2D eigenvalue weighted by Crippen LogP contribution is -2.32. The summed E-state index contributed by atoms with van der Waals surface area (Å²) in [4.78, 5) is 23.4. The van der Waals surface area contributed by atoms with E-state index in [-0.39, 0.29) is 6.03 Å². The first-order valence-corrected chi connectivity index (χ1v) is 8.41. The van der Waals surface area contributed by atoms with E-state index in [1.54, 1.807) is 18.2 Å². The largest absolute Gasteiger partial charge is 0.492 e. The maximum Gasteiger partial charge on any atom is 0.337 e. The van der Waals surface area contributed by atoms with Crippen LogP contribution >= 0.6 is 15.9 Å². The summed E-state index contributed by atoms with van der Waals surface area (Å²) < 4.78 is 10.8. The molecule has 0 aromatic heterocycles. The molecule has 0 unspecified atom stereocenters. The summed E-state index contributed by atoms with van der Waals surface area (Å²) >= 11 is 3.32. The Morgan fingerprint density at radius 3 is 2.64 bits per heavy atom. The molecule has 2 rings (SSSR count). The van der Waals surface area contributed by atoms with E-state index in [4.69, 9.17) is 4.74 Å². The van der Waals surface area contributed by atoms with Crippen LogP contribution in [0, 0.1) is 6.92 Å². The topological polar surface area (TPSA) is 76.7 Å². The molecular formula is C18H19BrN2O4. The number of esters is 1. The van der Waals surface area contributed by atoms with Crippen LogP contribution in [0.3, 0.4) is 0 Å². The van der Waals surface area contributed by atoms with Crippen molar-refractivity contribution in [3.05, 3.63) is 58.1 Å². The number of carbonyl (C=O) groups is 2. The third kappa shape index (κ3) is 5.79. The smallest absolute Gasteiger partial charge is 0.337 e.